The molecule has 3 amide bonds. The molecule has 2 aromatic rings. The maximum absolute atomic E-state index is 11.9. The van der Waals surface area contributed by atoms with Gasteiger partial charge in [0.15, 0.2) is 0 Å². The summed E-state index contributed by atoms with van der Waals surface area (Å²) in [5.74, 6) is -0.315. The number of amides is 3. The highest BCUT2D eigenvalue weighted by Gasteiger charge is 2.26. The van der Waals surface area contributed by atoms with Crippen LogP contribution in [-0.4, -0.2) is 23.5 Å². The summed E-state index contributed by atoms with van der Waals surface area (Å²) in [7, 11) is 0. The van der Waals surface area contributed by atoms with Crippen LogP contribution in [0.1, 0.15) is 6.42 Å². The van der Waals surface area contributed by atoms with Gasteiger partial charge in [0.05, 0.1) is 10.2 Å². The van der Waals surface area contributed by atoms with E-state index in [9.17, 15) is 14.4 Å². The fraction of sp³-hybridized carbons (Fsp3) is 0.182. The van der Waals surface area contributed by atoms with Gasteiger partial charge in [0.25, 0.3) is 5.56 Å². The third-order valence-electron chi connectivity index (χ3n) is 2.79. The number of anilines is 1. The zero-order chi connectivity index (χ0) is 12.7. The molecule has 2 N–H and O–H groups in total. The minimum atomic E-state index is -0.548. The van der Waals surface area contributed by atoms with Gasteiger partial charge in [0.1, 0.15) is 5.69 Å². The topological polar surface area (TPSA) is 82.3 Å². The molecule has 0 aliphatic carbocycles. The van der Waals surface area contributed by atoms with Crippen molar-refractivity contribution >= 4 is 39.2 Å². The summed E-state index contributed by atoms with van der Waals surface area (Å²) in [4.78, 5) is 38.6. The van der Waals surface area contributed by atoms with Crippen LogP contribution in [0.15, 0.2) is 22.3 Å². The lowest BCUT2D eigenvalue weighted by Gasteiger charge is -2.25. The first-order valence-corrected chi connectivity index (χ1v) is 6.25. The highest BCUT2D eigenvalue weighted by Crippen LogP contribution is 2.22. The van der Waals surface area contributed by atoms with Crippen LogP contribution in [0.4, 0.5) is 10.5 Å². The fourth-order valence-corrected chi connectivity index (χ4v) is 2.68. The van der Waals surface area contributed by atoms with Gasteiger partial charge in [-0.2, -0.15) is 0 Å². The normalized spacial score (nSPS) is 16.1. The van der Waals surface area contributed by atoms with Gasteiger partial charge >= 0.3 is 6.03 Å². The average molecular weight is 263 g/mol. The number of thiophene rings is 1. The quantitative estimate of drug-likeness (QED) is 0.806. The van der Waals surface area contributed by atoms with E-state index < -0.39 is 6.03 Å². The summed E-state index contributed by atoms with van der Waals surface area (Å²) in [6.07, 6.45) is 0.202. The SMILES string of the molecule is O=C1CCN(c2cc3sccc3[nH]c2=O)C(=O)N1. The van der Waals surface area contributed by atoms with Crippen molar-refractivity contribution in [2.75, 3.05) is 11.4 Å². The Morgan fingerprint density at radius 3 is 2.89 bits per heavy atom. The Balaban J connectivity index is 2.08. The molecular weight excluding hydrogens is 254 g/mol. The first-order chi connectivity index (χ1) is 8.65. The van der Waals surface area contributed by atoms with Crippen LogP contribution in [0.3, 0.4) is 0 Å². The van der Waals surface area contributed by atoms with Crippen molar-refractivity contribution in [1.29, 1.82) is 0 Å². The number of aromatic nitrogens is 1. The third-order valence-corrected chi connectivity index (χ3v) is 3.65. The molecule has 0 spiro atoms. The number of hydrogen-bond donors (Lipinski definition) is 2. The van der Waals surface area contributed by atoms with Gasteiger partial charge in [-0.05, 0) is 17.5 Å². The lowest BCUT2D eigenvalue weighted by Crippen LogP contribution is -2.51. The summed E-state index contributed by atoms with van der Waals surface area (Å²) in [5, 5.41) is 4.06. The zero-order valence-electron chi connectivity index (χ0n) is 9.23. The van der Waals surface area contributed by atoms with E-state index in [1.165, 1.54) is 16.2 Å². The summed E-state index contributed by atoms with van der Waals surface area (Å²) < 4.78 is 0.898. The van der Waals surface area contributed by atoms with E-state index in [4.69, 9.17) is 0 Å². The average Bonchev–Trinajstić information content (AvgIpc) is 2.75. The number of urea groups is 1. The largest absolute Gasteiger partial charge is 0.328 e. The van der Waals surface area contributed by atoms with Crippen LogP contribution in [0.2, 0.25) is 0 Å². The van der Waals surface area contributed by atoms with E-state index in [1.54, 1.807) is 6.07 Å². The predicted octanol–water partition coefficient (Wildman–Crippen LogP) is 1.04. The summed E-state index contributed by atoms with van der Waals surface area (Å²) in [6, 6.07) is 2.94. The molecule has 3 heterocycles. The van der Waals surface area contributed by atoms with E-state index >= 15 is 0 Å². The number of aromatic amines is 1. The molecule has 1 fully saturated rings. The number of rotatable bonds is 1. The van der Waals surface area contributed by atoms with Gasteiger partial charge in [-0.15, -0.1) is 11.3 Å². The molecule has 1 aliphatic heterocycles. The molecule has 0 aromatic carbocycles. The molecule has 0 bridgehead atoms. The molecule has 3 rings (SSSR count). The molecule has 0 radical (unpaired) electrons. The number of nitrogens with one attached hydrogen (secondary N) is 2. The minimum absolute atomic E-state index is 0.202. The van der Waals surface area contributed by atoms with Crippen molar-refractivity contribution in [2.45, 2.75) is 6.42 Å². The second-order valence-corrected chi connectivity index (χ2v) is 4.88. The number of carbonyl (C=O) groups excluding carboxylic acids is 2. The molecule has 0 atom stereocenters. The summed E-state index contributed by atoms with van der Waals surface area (Å²) >= 11 is 1.48. The van der Waals surface area contributed by atoms with Crippen LogP contribution in [0.5, 0.6) is 0 Å². The van der Waals surface area contributed by atoms with E-state index in [0.29, 0.717) is 0 Å². The number of hydrogen-bond acceptors (Lipinski definition) is 4. The van der Waals surface area contributed by atoms with E-state index in [2.05, 4.69) is 10.3 Å². The Bertz CT molecular complexity index is 703. The maximum atomic E-state index is 11.9. The molecule has 0 unspecified atom stereocenters. The number of H-pyrrole nitrogens is 1. The van der Waals surface area contributed by atoms with Crippen molar-refractivity contribution in [2.24, 2.45) is 0 Å². The molecule has 1 saturated heterocycles. The third kappa shape index (κ3) is 1.68. The molecule has 1 aliphatic rings. The Kier molecular flexibility index (Phi) is 2.41. The van der Waals surface area contributed by atoms with Gasteiger partial charge in [0.2, 0.25) is 5.91 Å². The Morgan fingerprint density at radius 1 is 1.28 bits per heavy atom. The fourth-order valence-electron chi connectivity index (χ4n) is 1.91. The second-order valence-electron chi connectivity index (χ2n) is 3.94. The Labute approximate surface area is 105 Å². The van der Waals surface area contributed by atoms with Gasteiger partial charge in [-0.3, -0.25) is 19.8 Å². The monoisotopic (exact) mass is 263 g/mol. The minimum Gasteiger partial charge on any atom is -0.319 e. The number of pyridine rings is 1. The van der Waals surface area contributed by atoms with Crippen LogP contribution in [0.25, 0.3) is 10.2 Å². The van der Waals surface area contributed by atoms with Gasteiger partial charge in [-0.25, -0.2) is 4.79 Å². The first-order valence-electron chi connectivity index (χ1n) is 5.37. The predicted molar refractivity (Wildman–Crippen MR) is 67.9 cm³/mol. The van der Waals surface area contributed by atoms with Crippen LogP contribution in [0, 0.1) is 0 Å². The van der Waals surface area contributed by atoms with Gasteiger partial charge in [0, 0.05) is 13.0 Å². The summed E-state index contributed by atoms with van der Waals surface area (Å²) in [6.45, 7) is 0.227. The Morgan fingerprint density at radius 2 is 2.11 bits per heavy atom. The molecule has 6 nitrogen and oxygen atoms in total. The number of fused-ring (bicyclic) bond motifs is 1. The van der Waals surface area contributed by atoms with Crippen LogP contribution < -0.4 is 15.8 Å². The smallest absolute Gasteiger partial charge is 0.319 e. The second kappa shape index (κ2) is 3.95. The maximum Gasteiger partial charge on any atom is 0.328 e. The Hall–Kier alpha value is -2.15. The van der Waals surface area contributed by atoms with E-state index in [1.807, 2.05) is 11.4 Å². The molecular formula is C11H9N3O3S. The van der Waals surface area contributed by atoms with Gasteiger partial charge in [-0.1, -0.05) is 0 Å². The number of imide groups is 1. The first kappa shape index (κ1) is 11.0. The van der Waals surface area contributed by atoms with Crippen molar-refractivity contribution in [3.63, 3.8) is 0 Å². The van der Waals surface area contributed by atoms with Crippen molar-refractivity contribution in [3.8, 4) is 0 Å². The molecule has 92 valence electrons. The lowest BCUT2D eigenvalue weighted by molar-refractivity contribution is -0.120. The zero-order valence-corrected chi connectivity index (χ0v) is 10.0. The molecule has 18 heavy (non-hydrogen) atoms. The highest BCUT2D eigenvalue weighted by atomic mass is 32.1. The van der Waals surface area contributed by atoms with Crippen molar-refractivity contribution in [1.82, 2.24) is 10.3 Å². The van der Waals surface area contributed by atoms with E-state index in [-0.39, 0.29) is 30.1 Å². The lowest BCUT2D eigenvalue weighted by atomic mass is 10.2. The highest BCUT2D eigenvalue weighted by molar-refractivity contribution is 7.17. The summed E-state index contributed by atoms with van der Waals surface area (Å²) in [5.41, 5.74) is 0.697. The molecule has 2 aromatic heterocycles. The van der Waals surface area contributed by atoms with Crippen LogP contribution in [-0.2, 0) is 4.79 Å². The molecule has 0 saturated carbocycles. The number of nitrogens with zero attached hydrogens (tertiary/aromatic N) is 1. The molecule has 7 heteroatoms. The van der Waals surface area contributed by atoms with E-state index in [0.717, 1.165) is 10.2 Å². The van der Waals surface area contributed by atoms with Crippen molar-refractivity contribution < 1.29 is 9.59 Å². The van der Waals surface area contributed by atoms with Crippen molar-refractivity contribution in [3.05, 3.63) is 27.9 Å². The van der Waals surface area contributed by atoms with Crippen LogP contribution >= 0.6 is 11.3 Å². The number of carbonyl (C=O) groups is 2. The van der Waals surface area contributed by atoms with Gasteiger partial charge < -0.3 is 4.98 Å². The standard InChI is InChI=1S/C11H9N3O3S/c15-9-1-3-14(11(17)13-9)7-5-8-6(2-4-18-8)12-10(7)16/h2,4-5H,1,3H2,(H,12,16)(H,13,15,17).